The van der Waals surface area contributed by atoms with Crippen LogP contribution in [0.5, 0.6) is 0 Å². The summed E-state index contributed by atoms with van der Waals surface area (Å²) < 4.78 is 2.25. The van der Waals surface area contributed by atoms with Crippen LogP contribution in [-0.4, -0.2) is 19.7 Å². The molecular formula is C14H11ClN4S. The van der Waals surface area contributed by atoms with Crippen molar-refractivity contribution in [2.45, 2.75) is 0 Å². The molecule has 4 nitrogen and oxygen atoms in total. The molecule has 3 aromatic rings. The molecule has 100 valence electrons. The zero-order valence-corrected chi connectivity index (χ0v) is 12.2. The summed E-state index contributed by atoms with van der Waals surface area (Å²) in [5.74, 6) is 0.655. The zero-order valence-electron chi connectivity index (χ0n) is 10.7. The number of hydrogen-bond acceptors (Lipinski definition) is 3. The van der Waals surface area contributed by atoms with Crippen LogP contribution in [0.15, 0.2) is 42.7 Å². The second-order valence-electron chi connectivity index (χ2n) is 4.36. The van der Waals surface area contributed by atoms with Crippen molar-refractivity contribution >= 4 is 23.8 Å². The van der Waals surface area contributed by atoms with E-state index in [4.69, 9.17) is 23.8 Å². The van der Waals surface area contributed by atoms with Gasteiger partial charge >= 0.3 is 0 Å². The molecule has 0 amide bonds. The van der Waals surface area contributed by atoms with E-state index in [9.17, 15) is 0 Å². The van der Waals surface area contributed by atoms with Gasteiger partial charge in [-0.2, -0.15) is 5.10 Å². The molecule has 0 aliphatic heterocycles. The highest BCUT2D eigenvalue weighted by molar-refractivity contribution is 7.71. The molecule has 1 N–H and O–H groups in total. The summed E-state index contributed by atoms with van der Waals surface area (Å²) >= 11 is 11.4. The van der Waals surface area contributed by atoms with Gasteiger partial charge in [0, 0.05) is 24.4 Å². The monoisotopic (exact) mass is 302 g/mol. The van der Waals surface area contributed by atoms with Gasteiger partial charge in [0.25, 0.3) is 0 Å². The van der Waals surface area contributed by atoms with E-state index in [2.05, 4.69) is 15.1 Å². The van der Waals surface area contributed by atoms with Crippen LogP contribution in [0.2, 0.25) is 5.02 Å². The molecule has 2 heterocycles. The predicted molar refractivity (Wildman–Crippen MR) is 82.1 cm³/mol. The molecule has 3 rings (SSSR count). The first-order valence-corrected chi connectivity index (χ1v) is 6.77. The van der Waals surface area contributed by atoms with Crippen LogP contribution in [0.1, 0.15) is 0 Å². The van der Waals surface area contributed by atoms with Crippen LogP contribution in [0.3, 0.4) is 0 Å². The Morgan fingerprint density at radius 3 is 2.80 bits per heavy atom. The minimum atomic E-state index is 0.512. The Bertz CT molecular complexity index is 822. The number of H-pyrrole nitrogens is 1. The Balaban J connectivity index is 2.17. The molecule has 6 heteroatoms. The largest absolute Gasteiger partial charge is 0.339 e. The molecule has 0 spiro atoms. The lowest BCUT2D eigenvalue weighted by Gasteiger charge is -2.06. The van der Waals surface area contributed by atoms with Crippen molar-refractivity contribution in [1.82, 2.24) is 19.7 Å². The fourth-order valence-electron chi connectivity index (χ4n) is 1.95. The smallest absolute Gasteiger partial charge is 0.140 e. The van der Waals surface area contributed by atoms with E-state index in [-0.39, 0.29) is 0 Å². The summed E-state index contributed by atoms with van der Waals surface area (Å²) in [7, 11) is 1.87. The van der Waals surface area contributed by atoms with E-state index >= 15 is 0 Å². The SMILES string of the molecule is Cn1cc(-c2cc(=S)nc(-c3ccccc3Cl)[nH]2)cn1. The van der Waals surface area contributed by atoms with Gasteiger partial charge in [-0.3, -0.25) is 4.68 Å². The van der Waals surface area contributed by atoms with Crippen molar-refractivity contribution < 1.29 is 0 Å². The number of nitrogens with zero attached hydrogens (tertiary/aromatic N) is 3. The van der Waals surface area contributed by atoms with E-state index < -0.39 is 0 Å². The average molecular weight is 303 g/mol. The van der Waals surface area contributed by atoms with E-state index in [1.165, 1.54) is 0 Å². The molecule has 20 heavy (non-hydrogen) atoms. The summed E-state index contributed by atoms with van der Waals surface area (Å²) in [6, 6.07) is 9.34. The average Bonchev–Trinajstić information content (AvgIpc) is 2.85. The van der Waals surface area contributed by atoms with Crippen LogP contribution in [0.4, 0.5) is 0 Å². The lowest BCUT2D eigenvalue weighted by Crippen LogP contribution is -1.93. The Labute approximate surface area is 126 Å². The highest BCUT2D eigenvalue weighted by Gasteiger charge is 2.08. The van der Waals surface area contributed by atoms with E-state index in [0.717, 1.165) is 16.8 Å². The van der Waals surface area contributed by atoms with E-state index in [1.807, 2.05) is 43.6 Å². The van der Waals surface area contributed by atoms with Gasteiger partial charge in [0.05, 0.1) is 16.9 Å². The van der Waals surface area contributed by atoms with Gasteiger partial charge < -0.3 is 4.98 Å². The normalized spacial score (nSPS) is 10.7. The van der Waals surface area contributed by atoms with E-state index in [0.29, 0.717) is 15.5 Å². The minimum Gasteiger partial charge on any atom is -0.339 e. The third-order valence-electron chi connectivity index (χ3n) is 2.89. The molecule has 0 saturated heterocycles. The van der Waals surface area contributed by atoms with Gasteiger partial charge in [-0.15, -0.1) is 0 Å². The van der Waals surface area contributed by atoms with Crippen molar-refractivity contribution in [2.24, 2.45) is 7.05 Å². The Morgan fingerprint density at radius 1 is 1.30 bits per heavy atom. The number of rotatable bonds is 2. The molecule has 2 aromatic heterocycles. The van der Waals surface area contributed by atoms with Gasteiger partial charge in [0.1, 0.15) is 10.5 Å². The Kier molecular flexibility index (Phi) is 3.38. The van der Waals surface area contributed by atoms with Crippen molar-refractivity contribution in [3.63, 3.8) is 0 Å². The molecule has 0 aliphatic rings. The fraction of sp³-hybridized carbons (Fsp3) is 0.0714. The highest BCUT2D eigenvalue weighted by Crippen LogP contribution is 2.26. The third-order valence-corrected chi connectivity index (χ3v) is 3.43. The van der Waals surface area contributed by atoms with E-state index in [1.54, 1.807) is 10.9 Å². The van der Waals surface area contributed by atoms with Crippen molar-refractivity contribution in [3.05, 3.63) is 52.4 Å². The number of aromatic amines is 1. The number of hydrogen-bond donors (Lipinski definition) is 1. The van der Waals surface area contributed by atoms with Crippen LogP contribution in [0, 0.1) is 4.64 Å². The summed E-state index contributed by atoms with van der Waals surface area (Å²) in [5.41, 5.74) is 2.65. The molecule has 0 atom stereocenters. The first kappa shape index (κ1) is 13.0. The summed E-state index contributed by atoms with van der Waals surface area (Å²) in [6.45, 7) is 0. The lowest BCUT2D eigenvalue weighted by atomic mass is 10.2. The maximum atomic E-state index is 6.20. The highest BCUT2D eigenvalue weighted by atomic mass is 35.5. The van der Waals surface area contributed by atoms with Crippen LogP contribution in [0.25, 0.3) is 22.6 Å². The molecule has 0 unspecified atom stereocenters. The van der Waals surface area contributed by atoms with Gasteiger partial charge in [-0.25, -0.2) is 4.98 Å². The maximum Gasteiger partial charge on any atom is 0.140 e. The summed E-state index contributed by atoms with van der Waals surface area (Å²) in [5, 5.41) is 4.79. The van der Waals surface area contributed by atoms with Gasteiger partial charge in [-0.05, 0) is 18.2 Å². The second-order valence-corrected chi connectivity index (χ2v) is 5.19. The number of benzene rings is 1. The minimum absolute atomic E-state index is 0.512. The standard InChI is InChI=1S/C14H11ClN4S/c1-19-8-9(7-16-19)12-6-13(20)18-14(17-12)10-4-2-3-5-11(10)15/h2-8H,1H3,(H,17,18,20). The fourth-order valence-corrected chi connectivity index (χ4v) is 2.39. The number of halogens is 1. The second kappa shape index (κ2) is 5.19. The van der Waals surface area contributed by atoms with Gasteiger partial charge in [0.2, 0.25) is 0 Å². The quantitative estimate of drug-likeness (QED) is 0.731. The summed E-state index contributed by atoms with van der Waals surface area (Å²) in [6.07, 6.45) is 3.69. The molecule has 0 aliphatic carbocycles. The van der Waals surface area contributed by atoms with Gasteiger partial charge in [0.15, 0.2) is 0 Å². The molecule has 1 aromatic carbocycles. The van der Waals surface area contributed by atoms with Crippen LogP contribution >= 0.6 is 23.8 Å². The topological polar surface area (TPSA) is 46.5 Å². The number of aromatic nitrogens is 4. The third kappa shape index (κ3) is 2.50. The lowest BCUT2D eigenvalue weighted by molar-refractivity contribution is 0.768. The molecule has 0 bridgehead atoms. The number of nitrogens with one attached hydrogen (secondary N) is 1. The molecule has 0 radical (unpaired) electrons. The Hall–Kier alpha value is -1.98. The molecule has 0 fully saturated rings. The number of aryl methyl sites for hydroxylation is 1. The van der Waals surface area contributed by atoms with Crippen LogP contribution in [-0.2, 0) is 7.05 Å². The van der Waals surface area contributed by atoms with Crippen molar-refractivity contribution in [1.29, 1.82) is 0 Å². The summed E-state index contributed by atoms with van der Waals surface area (Å²) in [4.78, 5) is 7.60. The first-order valence-electron chi connectivity index (χ1n) is 5.99. The molecular weight excluding hydrogens is 292 g/mol. The van der Waals surface area contributed by atoms with Crippen LogP contribution < -0.4 is 0 Å². The van der Waals surface area contributed by atoms with Crippen molar-refractivity contribution in [3.8, 4) is 22.6 Å². The first-order chi connectivity index (χ1) is 9.63. The van der Waals surface area contributed by atoms with Gasteiger partial charge in [-0.1, -0.05) is 36.0 Å². The molecule has 0 saturated carbocycles. The predicted octanol–water partition coefficient (Wildman–Crippen LogP) is 3.86. The van der Waals surface area contributed by atoms with Crippen molar-refractivity contribution in [2.75, 3.05) is 0 Å². The maximum absolute atomic E-state index is 6.20. The Morgan fingerprint density at radius 2 is 2.10 bits per heavy atom. The zero-order chi connectivity index (χ0) is 14.1.